The van der Waals surface area contributed by atoms with Gasteiger partial charge < -0.3 is 10.2 Å². The first kappa shape index (κ1) is 19.6. The summed E-state index contributed by atoms with van der Waals surface area (Å²) in [6, 6.07) is 14.0. The molecule has 2 aromatic carbocycles. The first-order valence-corrected chi connectivity index (χ1v) is 11.0. The van der Waals surface area contributed by atoms with Crippen molar-refractivity contribution in [3.8, 4) is 0 Å². The molecule has 138 valence electrons. The number of hydrogen-bond acceptors (Lipinski definition) is 3. The number of anilines is 1. The number of hydrogen-bond donors (Lipinski definition) is 1. The van der Waals surface area contributed by atoms with Crippen LogP contribution < -0.4 is 5.32 Å². The summed E-state index contributed by atoms with van der Waals surface area (Å²) >= 11 is 14.7. The van der Waals surface area contributed by atoms with Crippen molar-refractivity contribution < 1.29 is 8.42 Å². The van der Waals surface area contributed by atoms with E-state index >= 15 is 0 Å². The first-order chi connectivity index (χ1) is 12.4. The fraction of sp³-hybridized carbons (Fsp3) is 0.235. The maximum Gasteiger partial charge on any atom is 0.243 e. The monoisotopic (exact) mass is 473 g/mol. The molecule has 5 nitrogen and oxygen atoms in total. The third-order valence-electron chi connectivity index (χ3n) is 4.07. The van der Waals surface area contributed by atoms with Crippen LogP contribution in [0, 0.1) is 0 Å². The second-order valence-electron chi connectivity index (χ2n) is 5.78. The molecular formula is C17H17BrClN3O2S2. The Kier molecular flexibility index (Phi) is 6.19. The third-order valence-corrected chi connectivity index (χ3v) is 7.13. The fourth-order valence-corrected chi connectivity index (χ4v) is 4.74. The van der Waals surface area contributed by atoms with Gasteiger partial charge in [0, 0.05) is 41.4 Å². The lowest BCUT2D eigenvalue weighted by atomic mass is 10.3. The lowest BCUT2D eigenvalue weighted by molar-refractivity contribution is 0.268. The first-order valence-electron chi connectivity index (χ1n) is 7.93. The molecule has 1 aliphatic rings. The summed E-state index contributed by atoms with van der Waals surface area (Å²) in [5.74, 6) is 0. The summed E-state index contributed by atoms with van der Waals surface area (Å²) in [5, 5.41) is 4.29. The standard InChI is InChI=1S/C17H17BrClN3O2S2/c18-13-1-5-15(6-2-13)20-17(25)21-9-11-22(12-10-21)26(23,24)16-7-3-14(19)4-8-16/h1-8H,9-12H2,(H,20,25). The van der Waals surface area contributed by atoms with Gasteiger partial charge in [0.25, 0.3) is 0 Å². The SMILES string of the molecule is O=S(=O)(c1ccc(Cl)cc1)N1CCN(C(=S)Nc2ccc(Br)cc2)CC1. The van der Waals surface area contributed by atoms with Crippen molar-refractivity contribution in [3.05, 3.63) is 58.0 Å². The van der Waals surface area contributed by atoms with Gasteiger partial charge >= 0.3 is 0 Å². The van der Waals surface area contributed by atoms with Gasteiger partial charge in [-0.15, -0.1) is 0 Å². The van der Waals surface area contributed by atoms with Crippen molar-refractivity contribution in [2.75, 3.05) is 31.5 Å². The Morgan fingerprint density at radius 1 is 1.00 bits per heavy atom. The number of halogens is 2. The Morgan fingerprint density at radius 2 is 1.58 bits per heavy atom. The molecule has 9 heteroatoms. The molecule has 26 heavy (non-hydrogen) atoms. The highest BCUT2D eigenvalue weighted by Gasteiger charge is 2.29. The van der Waals surface area contributed by atoms with E-state index in [1.807, 2.05) is 29.2 Å². The number of piperazine rings is 1. The van der Waals surface area contributed by atoms with Crippen LogP contribution in [0.25, 0.3) is 0 Å². The molecule has 0 radical (unpaired) electrons. The van der Waals surface area contributed by atoms with Gasteiger partial charge in [0.2, 0.25) is 10.0 Å². The smallest absolute Gasteiger partial charge is 0.243 e. The molecule has 0 spiro atoms. The summed E-state index contributed by atoms with van der Waals surface area (Å²) in [7, 11) is -3.51. The molecule has 1 fully saturated rings. The molecule has 2 aromatic rings. The molecule has 3 rings (SSSR count). The van der Waals surface area contributed by atoms with Crippen LogP contribution in [0.1, 0.15) is 0 Å². The molecule has 0 bridgehead atoms. The Balaban J connectivity index is 1.60. The zero-order valence-electron chi connectivity index (χ0n) is 13.7. The number of thiocarbonyl (C=S) groups is 1. The largest absolute Gasteiger partial charge is 0.346 e. The minimum absolute atomic E-state index is 0.255. The second kappa shape index (κ2) is 8.22. The minimum Gasteiger partial charge on any atom is -0.346 e. The maximum absolute atomic E-state index is 12.7. The van der Waals surface area contributed by atoms with Crippen LogP contribution in [0.5, 0.6) is 0 Å². The van der Waals surface area contributed by atoms with E-state index in [-0.39, 0.29) is 4.90 Å². The van der Waals surface area contributed by atoms with E-state index in [4.69, 9.17) is 23.8 Å². The Labute approximate surface area is 172 Å². The zero-order chi connectivity index (χ0) is 18.7. The van der Waals surface area contributed by atoms with Crippen LogP contribution in [0.2, 0.25) is 5.02 Å². The van der Waals surface area contributed by atoms with Crippen LogP contribution in [-0.4, -0.2) is 48.9 Å². The highest BCUT2D eigenvalue weighted by Crippen LogP contribution is 2.20. The Morgan fingerprint density at radius 3 is 2.15 bits per heavy atom. The van der Waals surface area contributed by atoms with E-state index in [1.165, 1.54) is 16.4 Å². The van der Waals surface area contributed by atoms with Gasteiger partial charge in [0.05, 0.1) is 4.90 Å². The summed E-state index contributed by atoms with van der Waals surface area (Å²) in [5.41, 5.74) is 0.898. The van der Waals surface area contributed by atoms with Crippen LogP contribution in [0.3, 0.4) is 0 Å². The Hall–Kier alpha value is -1.19. The molecule has 0 aliphatic carbocycles. The molecule has 0 amide bonds. The molecule has 0 atom stereocenters. The third kappa shape index (κ3) is 4.55. The second-order valence-corrected chi connectivity index (χ2v) is 9.46. The van der Waals surface area contributed by atoms with Gasteiger partial charge in [-0.1, -0.05) is 27.5 Å². The van der Waals surface area contributed by atoms with E-state index in [0.717, 1.165) is 10.2 Å². The van der Waals surface area contributed by atoms with Crippen LogP contribution >= 0.6 is 39.7 Å². The predicted molar refractivity (Wildman–Crippen MR) is 112 cm³/mol. The highest BCUT2D eigenvalue weighted by molar-refractivity contribution is 9.10. The lowest BCUT2D eigenvalue weighted by Crippen LogP contribution is -2.51. The van der Waals surface area contributed by atoms with E-state index in [9.17, 15) is 8.42 Å². The number of nitrogens with zero attached hydrogens (tertiary/aromatic N) is 2. The van der Waals surface area contributed by atoms with E-state index in [2.05, 4.69) is 21.2 Å². The highest BCUT2D eigenvalue weighted by atomic mass is 79.9. The van der Waals surface area contributed by atoms with Gasteiger partial charge in [0.1, 0.15) is 0 Å². The lowest BCUT2D eigenvalue weighted by Gasteiger charge is -2.35. The summed E-state index contributed by atoms with van der Waals surface area (Å²) in [6.45, 7) is 1.84. The summed E-state index contributed by atoms with van der Waals surface area (Å²) in [6.07, 6.45) is 0. The average Bonchev–Trinajstić information content (AvgIpc) is 2.64. The number of nitrogens with one attached hydrogen (secondary N) is 1. The van der Waals surface area contributed by atoms with E-state index in [0.29, 0.717) is 36.3 Å². The van der Waals surface area contributed by atoms with Crippen molar-refractivity contribution in [1.82, 2.24) is 9.21 Å². The van der Waals surface area contributed by atoms with Gasteiger partial charge in [-0.05, 0) is 60.7 Å². The summed E-state index contributed by atoms with van der Waals surface area (Å²) < 4.78 is 27.9. The molecule has 1 saturated heterocycles. The molecule has 1 N–H and O–H groups in total. The molecular weight excluding hydrogens is 458 g/mol. The molecule has 0 unspecified atom stereocenters. The number of rotatable bonds is 3. The van der Waals surface area contributed by atoms with Crippen molar-refractivity contribution in [3.63, 3.8) is 0 Å². The van der Waals surface area contributed by atoms with Crippen molar-refractivity contribution in [2.24, 2.45) is 0 Å². The minimum atomic E-state index is -3.51. The van der Waals surface area contributed by atoms with Crippen LogP contribution in [-0.2, 0) is 10.0 Å². The van der Waals surface area contributed by atoms with E-state index in [1.54, 1.807) is 12.1 Å². The van der Waals surface area contributed by atoms with Crippen molar-refractivity contribution >= 4 is 60.6 Å². The van der Waals surface area contributed by atoms with Crippen molar-refractivity contribution in [2.45, 2.75) is 4.90 Å². The maximum atomic E-state index is 12.7. The molecule has 1 aliphatic heterocycles. The van der Waals surface area contributed by atoms with Gasteiger partial charge in [-0.25, -0.2) is 8.42 Å². The average molecular weight is 475 g/mol. The van der Waals surface area contributed by atoms with Gasteiger partial charge in [-0.2, -0.15) is 4.31 Å². The predicted octanol–water partition coefficient (Wildman–Crippen LogP) is 3.81. The quantitative estimate of drug-likeness (QED) is 0.686. The fourth-order valence-electron chi connectivity index (χ4n) is 2.62. The zero-order valence-corrected chi connectivity index (χ0v) is 17.7. The number of benzene rings is 2. The van der Waals surface area contributed by atoms with Crippen LogP contribution in [0.4, 0.5) is 5.69 Å². The Bertz CT molecular complexity index is 881. The summed E-state index contributed by atoms with van der Waals surface area (Å²) in [4.78, 5) is 2.23. The molecule has 0 saturated carbocycles. The van der Waals surface area contributed by atoms with E-state index < -0.39 is 10.0 Å². The topological polar surface area (TPSA) is 52.7 Å². The molecule has 0 aromatic heterocycles. The van der Waals surface area contributed by atoms with Gasteiger partial charge in [-0.3, -0.25) is 0 Å². The van der Waals surface area contributed by atoms with Gasteiger partial charge in [0.15, 0.2) is 5.11 Å². The molecule has 1 heterocycles. The normalized spacial score (nSPS) is 15.7. The number of sulfonamides is 1. The van der Waals surface area contributed by atoms with Crippen molar-refractivity contribution in [1.29, 1.82) is 0 Å². The van der Waals surface area contributed by atoms with Crippen LogP contribution in [0.15, 0.2) is 57.9 Å².